The molecule has 2 rings (SSSR count). The minimum Gasteiger partial charge on any atom is -0.310 e. The predicted octanol–water partition coefficient (Wildman–Crippen LogP) is 4.42. The fourth-order valence-electron chi connectivity index (χ4n) is 2.22. The number of amides is 1. The van der Waals surface area contributed by atoms with Crippen LogP contribution in [0.1, 0.15) is 50.2 Å². The molecule has 0 aliphatic heterocycles. The van der Waals surface area contributed by atoms with Gasteiger partial charge in [-0.05, 0) is 30.5 Å². The van der Waals surface area contributed by atoms with Gasteiger partial charge in [-0.25, -0.2) is 9.97 Å². The number of nitrogens with zero attached hydrogens (tertiary/aromatic N) is 2. The molecule has 0 aliphatic carbocycles. The first kappa shape index (κ1) is 16.9. The number of allylic oxidation sites excluding steroid dienone is 1. The minimum absolute atomic E-state index is 0.0733. The van der Waals surface area contributed by atoms with E-state index in [0.29, 0.717) is 5.82 Å². The molecule has 1 aromatic heterocycles. The van der Waals surface area contributed by atoms with Gasteiger partial charge in [0.15, 0.2) is 0 Å². The Balaban J connectivity index is 2.02. The van der Waals surface area contributed by atoms with Crippen LogP contribution < -0.4 is 5.32 Å². The molecule has 1 unspecified atom stereocenters. The van der Waals surface area contributed by atoms with Crippen LogP contribution in [-0.4, -0.2) is 15.9 Å². The smallest absolute Gasteiger partial charge is 0.232 e. The molecule has 4 nitrogen and oxygen atoms in total. The highest BCUT2D eigenvalue weighted by molar-refractivity contribution is 5.94. The molecule has 0 aliphatic rings. The van der Waals surface area contributed by atoms with Crippen LogP contribution in [0.15, 0.2) is 48.9 Å². The highest BCUT2D eigenvalue weighted by Gasteiger charge is 2.15. The number of hydrogen-bond donors (Lipinski definition) is 1. The van der Waals surface area contributed by atoms with Crippen molar-refractivity contribution in [2.24, 2.45) is 0 Å². The number of aromatic nitrogens is 2. The Bertz CT molecular complexity index is 653. The zero-order valence-electron chi connectivity index (χ0n) is 13.7. The topological polar surface area (TPSA) is 54.9 Å². The summed E-state index contributed by atoms with van der Waals surface area (Å²) in [5.74, 6) is 0.206. The molecule has 1 atom stereocenters. The van der Waals surface area contributed by atoms with Crippen molar-refractivity contribution in [1.82, 2.24) is 9.97 Å². The number of unbranched alkanes of at least 4 members (excludes halogenated alkanes) is 2. The number of carbonyl (C=O) groups is 1. The van der Waals surface area contributed by atoms with E-state index in [1.807, 2.05) is 19.1 Å². The number of anilines is 1. The van der Waals surface area contributed by atoms with Crippen molar-refractivity contribution in [3.63, 3.8) is 0 Å². The molecule has 0 radical (unpaired) electrons. The van der Waals surface area contributed by atoms with Crippen LogP contribution in [0, 0.1) is 0 Å². The number of benzene rings is 1. The van der Waals surface area contributed by atoms with Crippen molar-refractivity contribution in [2.75, 3.05) is 5.32 Å². The summed E-state index contributed by atoms with van der Waals surface area (Å²) in [6, 6.07) is 9.77. The predicted molar refractivity (Wildman–Crippen MR) is 94.1 cm³/mol. The van der Waals surface area contributed by atoms with Crippen molar-refractivity contribution in [3.05, 3.63) is 60.1 Å². The summed E-state index contributed by atoms with van der Waals surface area (Å²) in [5, 5.41) is 2.81. The molecule has 2 aromatic rings. The second-order valence-corrected chi connectivity index (χ2v) is 5.52. The third-order valence-electron chi connectivity index (χ3n) is 3.67. The molecule has 120 valence electrons. The lowest BCUT2D eigenvalue weighted by molar-refractivity contribution is -0.117. The van der Waals surface area contributed by atoms with Gasteiger partial charge in [0, 0.05) is 6.20 Å². The number of nitrogens with one attached hydrogen (secondary N) is 1. The number of rotatable bonds is 7. The van der Waals surface area contributed by atoms with Crippen molar-refractivity contribution in [1.29, 1.82) is 0 Å². The van der Waals surface area contributed by atoms with Gasteiger partial charge >= 0.3 is 0 Å². The van der Waals surface area contributed by atoms with E-state index in [1.54, 1.807) is 12.3 Å². The van der Waals surface area contributed by atoms with Gasteiger partial charge in [-0.15, -0.1) is 0 Å². The summed E-state index contributed by atoms with van der Waals surface area (Å²) in [5.41, 5.74) is 2.12. The molecule has 4 heteroatoms. The molecule has 0 saturated carbocycles. The molecule has 0 spiro atoms. The average Bonchev–Trinajstić information content (AvgIpc) is 2.59. The Labute approximate surface area is 137 Å². The van der Waals surface area contributed by atoms with Gasteiger partial charge < -0.3 is 5.32 Å². The lowest BCUT2D eigenvalue weighted by Gasteiger charge is -2.12. The average molecular weight is 309 g/mol. The zero-order chi connectivity index (χ0) is 16.5. The molecule has 1 N–H and O–H groups in total. The van der Waals surface area contributed by atoms with Crippen molar-refractivity contribution >= 4 is 17.8 Å². The lowest BCUT2D eigenvalue weighted by Crippen LogP contribution is -2.19. The minimum atomic E-state index is -0.242. The van der Waals surface area contributed by atoms with Crippen molar-refractivity contribution < 1.29 is 4.79 Å². The van der Waals surface area contributed by atoms with Gasteiger partial charge in [-0.1, -0.05) is 56.2 Å². The van der Waals surface area contributed by atoms with Gasteiger partial charge in [0.05, 0.1) is 5.92 Å². The molecule has 1 amide bonds. The van der Waals surface area contributed by atoms with Crippen LogP contribution in [0.2, 0.25) is 0 Å². The molecular formula is C19H23N3O. The Morgan fingerprint density at radius 1 is 1.35 bits per heavy atom. The Morgan fingerprint density at radius 3 is 2.96 bits per heavy atom. The van der Waals surface area contributed by atoms with E-state index in [-0.39, 0.29) is 11.8 Å². The van der Waals surface area contributed by atoms with E-state index in [4.69, 9.17) is 0 Å². The SMILES string of the molecule is CCCCC=Cc1cccc(C(C)C(=O)Nc2ccncn2)c1. The normalized spacial score (nSPS) is 12.3. The molecule has 0 bridgehead atoms. The fourth-order valence-corrected chi connectivity index (χ4v) is 2.22. The first-order chi connectivity index (χ1) is 11.2. The first-order valence-corrected chi connectivity index (χ1v) is 8.04. The summed E-state index contributed by atoms with van der Waals surface area (Å²) in [4.78, 5) is 20.2. The Kier molecular flexibility index (Phi) is 6.48. The van der Waals surface area contributed by atoms with Gasteiger partial charge in [0.1, 0.15) is 12.1 Å². The third kappa shape index (κ3) is 5.33. The third-order valence-corrected chi connectivity index (χ3v) is 3.67. The second kappa shape index (κ2) is 8.83. The quantitative estimate of drug-likeness (QED) is 0.770. The lowest BCUT2D eigenvalue weighted by atomic mass is 9.98. The van der Waals surface area contributed by atoms with E-state index >= 15 is 0 Å². The standard InChI is InChI=1S/C19H23N3O/c1-3-4-5-6-8-16-9-7-10-17(13-16)15(2)19(23)22-18-11-12-20-14-21-18/h6-15H,3-5H2,1-2H3,(H,20,21,22,23). The number of hydrogen-bond acceptors (Lipinski definition) is 3. The molecule has 0 fully saturated rings. The molecule has 1 aromatic carbocycles. The zero-order valence-corrected chi connectivity index (χ0v) is 13.7. The molecule has 1 heterocycles. The van der Waals surface area contributed by atoms with Crippen LogP contribution in [-0.2, 0) is 4.79 Å². The summed E-state index contributed by atoms with van der Waals surface area (Å²) >= 11 is 0. The van der Waals surface area contributed by atoms with Crippen LogP contribution in [0.4, 0.5) is 5.82 Å². The van der Waals surface area contributed by atoms with E-state index in [1.165, 1.54) is 19.2 Å². The van der Waals surface area contributed by atoms with Crippen LogP contribution in [0.5, 0.6) is 0 Å². The van der Waals surface area contributed by atoms with Crippen LogP contribution in [0.25, 0.3) is 6.08 Å². The summed E-state index contributed by atoms with van der Waals surface area (Å²) in [7, 11) is 0. The highest BCUT2D eigenvalue weighted by atomic mass is 16.1. The van der Waals surface area contributed by atoms with Gasteiger partial charge in [-0.3, -0.25) is 4.79 Å². The molecular weight excluding hydrogens is 286 g/mol. The van der Waals surface area contributed by atoms with Gasteiger partial charge in [0.2, 0.25) is 5.91 Å². The van der Waals surface area contributed by atoms with Crippen LogP contribution in [0.3, 0.4) is 0 Å². The van der Waals surface area contributed by atoms with Crippen molar-refractivity contribution in [3.8, 4) is 0 Å². The van der Waals surface area contributed by atoms with E-state index in [0.717, 1.165) is 17.5 Å². The largest absolute Gasteiger partial charge is 0.310 e. The highest BCUT2D eigenvalue weighted by Crippen LogP contribution is 2.19. The summed E-state index contributed by atoms with van der Waals surface area (Å²) in [6.45, 7) is 4.09. The Hall–Kier alpha value is -2.49. The first-order valence-electron chi connectivity index (χ1n) is 8.04. The fraction of sp³-hybridized carbons (Fsp3) is 0.316. The monoisotopic (exact) mass is 309 g/mol. The van der Waals surface area contributed by atoms with E-state index in [9.17, 15) is 4.79 Å². The Morgan fingerprint density at radius 2 is 2.22 bits per heavy atom. The van der Waals surface area contributed by atoms with Gasteiger partial charge in [-0.2, -0.15) is 0 Å². The van der Waals surface area contributed by atoms with E-state index in [2.05, 4.69) is 46.5 Å². The van der Waals surface area contributed by atoms with E-state index < -0.39 is 0 Å². The molecule has 23 heavy (non-hydrogen) atoms. The van der Waals surface area contributed by atoms with Gasteiger partial charge in [0.25, 0.3) is 0 Å². The summed E-state index contributed by atoms with van der Waals surface area (Å²) < 4.78 is 0. The number of carbonyl (C=O) groups excluding carboxylic acids is 1. The maximum Gasteiger partial charge on any atom is 0.232 e. The maximum atomic E-state index is 12.3. The molecule has 0 saturated heterocycles. The second-order valence-electron chi connectivity index (χ2n) is 5.52. The van der Waals surface area contributed by atoms with Crippen LogP contribution >= 0.6 is 0 Å². The maximum absolute atomic E-state index is 12.3. The summed E-state index contributed by atoms with van der Waals surface area (Å²) in [6.07, 6.45) is 10.8. The van der Waals surface area contributed by atoms with Crippen molar-refractivity contribution in [2.45, 2.75) is 39.0 Å².